The monoisotopic (exact) mass is 210 g/mol. The molecule has 0 bridgehead atoms. The van der Waals surface area contributed by atoms with Crippen molar-refractivity contribution in [2.75, 3.05) is 5.43 Å². The van der Waals surface area contributed by atoms with Crippen LogP contribution in [0.15, 0.2) is 14.3 Å². The van der Waals surface area contributed by atoms with Gasteiger partial charge in [0.2, 0.25) is 17.3 Å². The van der Waals surface area contributed by atoms with Crippen molar-refractivity contribution in [3.63, 3.8) is 0 Å². The van der Waals surface area contributed by atoms with Crippen LogP contribution in [0.1, 0.15) is 5.89 Å². The Bertz CT molecular complexity index is 473. The van der Waals surface area contributed by atoms with Crippen LogP contribution in [-0.4, -0.2) is 26.7 Å². The molecule has 0 radical (unpaired) electrons. The summed E-state index contributed by atoms with van der Waals surface area (Å²) in [5.41, 5.74) is 2.50. The van der Waals surface area contributed by atoms with Crippen LogP contribution in [0.4, 0.5) is 5.82 Å². The van der Waals surface area contributed by atoms with Gasteiger partial charge in [-0.15, -0.1) is 0 Å². The van der Waals surface area contributed by atoms with Crippen molar-refractivity contribution in [3.8, 4) is 11.5 Å². The van der Waals surface area contributed by atoms with E-state index in [2.05, 4.69) is 35.6 Å². The van der Waals surface area contributed by atoms with E-state index >= 15 is 0 Å². The third-order valence-electron chi connectivity index (χ3n) is 1.46. The lowest BCUT2D eigenvalue weighted by atomic mass is 10.4. The van der Waals surface area contributed by atoms with Crippen LogP contribution >= 0.6 is 0 Å². The molecule has 0 spiro atoms. The minimum absolute atomic E-state index is 0.137. The fraction of sp³-hybridized carbons (Fsp3) is 0. The Balaban J connectivity index is 2.37. The first kappa shape index (κ1) is 9.08. The number of rotatable bonds is 3. The lowest BCUT2D eigenvalue weighted by Gasteiger charge is -1.89. The second-order valence-corrected chi connectivity index (χ2v) is 2.34. The molecule has 0 saturated heterocycles. The second-order valence-electron chi connectivity index (χ2n) is 2.34. The van der Waals surface area contributed by atoms with Gasteiger partial charge in [-0.1, -0.05) is 5.16 Å². The molecular formula is C5H6N8O2. The topological polar surface area (TPSA) is 154 Å². The number of nitrogens with zero attached hydrogens (tertiary/aromatic N) is 5. The van der Waals surface area contributed by atoms with E-state index in [4.69, 9.17) is 16.2 Å². The summed E-state index contributed by atoms with van der Waals surface area (Å²) in [5.74, 6) is 10.6. The van der Waals surface area contributed by atoms with Crippen LogP contribution in [0.2, 0.25) is 0 Å². The first-order valence-corrected chi connectivity index (χ1v) is 3.71. The van der Waals surface area contributed by atoms with E-state index in [0.717, 1.165) is 0 Å². The zero-order valence-corrected chi connectivity index (χ0v) is 7.28. The van der Waals surface area contributed by atoms with Crippen molar-refractivity contribution in [1.29, 1.82) is 0 Å². The second kappa shape index (κ2) is 3.71. The Morgan fingerprint density at radius 3 is 2.93 bits per heavy atom. The number of aromatic nitrogens is 4. The fourth-order valence-electron chi connectivity index (χ4n) is 0.878. The summed E-state index contributed by atoms with van der Waals surface area (Å²) in [6.07, 6.45) is 1.19. The standard InChI is InChI=1S/C5H6N8O2/c6-8-1-2-9-4(12-14-2)3-5(10-7)13-15-11-3/h1H,6-7H2,(H,10,13). The van der Waals surface area contributed by atoms with Gasteiger partial charge >= 0.3 is 0 Å². The Hall–Kier alpha value is -2.49. The molecule has 0 amide bonds. The van der Waals surface area contributed by atoms with Gasteiger partial charge < -0.3 is 15.8 Å². The molecule has 0 aliphatic heterocycles. The van der Waals surface area contributed by atoms with Crippen LogP contribution in [-0.2, 0) is 0 Å². The van der Waals surface area contributed by atoms with E-state index in [1.54, 1.807) is 0 Å². The van der Waals surface area contributed by atoms with Gasteiger partial charge in [-0.2, -0.15) is 10.1 Å². The van der Waals surface area contributed by atoms with Gasteiger partial charge in [-0.3, -0.25) is 0 Å². The predicted molar refractivity (Wildman–Crippen MR) is 47.2 cm³/mol. The van der Waals surface area contributed by atoms with Gasteiger partial charge in [0.15, 0.2) is 0 Å². The van der Waals surface area contributed by atoms with E-state index in [0.29, 0.717) is 0 Å². The van der Waals surface area contributed by atoms with Crippen LogP contribution in [0.3, 0.4) is 0 Å². The maximum absolute atomic E-state index is 5.15. The van der Waals surface area contributed by atoms with Gasteiger partial charge in [0.05, 0.1) is 0 Å². The molecule has 10 nitrogen and oxygen atoms in total. The molecule has 15 heavy (non-hydrogen) atoms. The molecule has 0 aromatic carbocycles. The molecule has 2 rings (SSSR count). The van der Waals surface area contributed by atoms with Gasteiger partial charge in [0.1, 0.15) is 6.21 Å². The van der Waals surface area contributed by atoms with Crippen molar-refractivity contribution >= 4 is 12.0 Å². The first-order valence-electron chi connectivity index (χ1n) is 3.71. The first-order chi connectivity index (χ1) is 7.35. The summed E-state index contributed by atoms with van der Waals surface area (Å²) in [4.78, 5) is 3.89. The summed E-state index contributed by atoms with van der Waals surface area (Å²) in [5, 5.41) is 13.8. The number of nitrogens with one attached hydrogen (secondary N) is 1. The van der Waals surface area contributed by atoms with Crippen molar-refractivity contribution in [2.45, 2.75) is 0 Å². The summed E-state index contributed by atoms with van der Waals surface area (Å²) >= 11 is 0. The quantitative estimate of drug-likeness (QED) is 0.318. The lowest BCUT2D eigenvalue weighted by molar-refractivity contribution is 0.309. The summed E-state index contributed by atoms with van der Waals surface area (Å²) < 4.78 is 9.20. The van der Waals surface area contributed by atoms with Crippen molar-refractivity contribution in [2.24, 2.45) is 16.8 Å². The number of hydrazine groups is 1. The summed E-state index contributed by atoms with van der Waals surface area (Å²) in [6.45, 7) is 0. The number of hydrogen-bond donors (Lipinski definition) is 3. The Labute approximate surface area is 82.2 Å². The van der Waals surface area contributed by atoms with Gasteiger partial charge in [-0.25, -0.2) is 10.5 Å². The van der Waals surface area contributed by atoms with Crippen LogP contribution < -0.4 is 17.1 Å². The normalized spacial score (nSPS) is 11.0. The summed E-state index contributed by atoms with van der Waals surface area (Å²) in [7, 11) is 0. The average molecular weight is 210 g/mol. The largest absolute Gasteiger partial charge is 0.332 e. The highest BCUT2D eigenvalue weighted by atomic mass is 16.6. The van der Waals surface area contributed by atoms with E-state index < -0.39 is 0 Å². The molecule has 2 aromatic rings. The van der Waals surface area contributed by atoms with Gasteiger partial charge in [0.25, 0.3) is 5.89 Å². The van der Waals surface area contributed by atoms with Crippen molar-refractivity contribution < 1.29 is 9.15 Å². The molecule has 0 unspecified atom stereocenters. The number of hydrogen-bond acceptors (Lipinski definition) is 10. The molecule has 0 aliphatic carbocycles. The van der Waals surface area contributed by atoms with Crippen LogP contribution in [0.5, 0.6) is 0 Å². The number of hydrazone groups is 1. The highest BCUT2D eigenvalue weighted by Crippen LogP contribution is 2.19. The van der Waals surface area contributed by atoms with E-state index in [9.17, 15) is 0 Å². The fourth-order valence-corrected chi connectivity index (χ4v) is 0.878. The molecular weight excluding hydrogens is 204 g/mol. The number of anilines is 1. The third kappa shape index (κ3) is 1.60. The Morgan fingerprint density at radius 1 is 1.33 bits per heavy atom. The smallest absolute Gasteiger partial charge is 0.271 e. The van der Waals surface area contributed by atoms with E-state index in [1.807, 2.05) is 0 Å². The molecule has 10 heteroatoms. The molecule has 2 aromatic heterocycles. The van der Waals surface area contributed by atoms with E-state index in [1.165, 1.54) is 6.21 Å². The van der Waals surface area contributed by atoms with E-state index in [-0.39, 0.29) is 23.2 Å². The third-order valence-corrected chi connectivity index (χ3v) is 1.46. The van der Waals surface area contributed by atoms with Crippen LogP contribution in [0.25, 0.3) is 11.5 Å². The zero-order chi connectivity index (χ0) is 10.7. The maximum Gasteiger partial charge on any atom is 0.271 e. The molecule has 5 N–H and O–H groups in total. The lowest BCUT2D eigenvalue weighted by Crippen LogP contribution is -2.08. The highest BCUT2D eigenvalue weighted by Gasteiger charge is 2.17. The zero-order valence-electron chi connectivity index (χ0n) is 7.28. The average Bonchev–Trinajstić information content (AvgIpc) is 2.84. The summed E-state index contributed by atoms with van der Waals surface area (Å²) in [6, 6.07) is 0. The number of nitrogen functional groups attached to an aromatic ring is 1. The maximum atomic E-state index is 5.15. The molecule has 0 fully saturated rings. The molecule has 0 saturated carbocycles. The minimum atomic E-state index is 0.137. The predicted octanol–water partition coefficient (Wildman–Crippen LogP) is -1.30. The Kier molecular flexibility index (Phi) is 2.25. The highest BCUT2D eigenvalue weighted by molar-refractivity contribution is 5.74. The molecule has 0 atom stereocenters. The SMILES string of the molecule is NN=Cc1nc(-c2nonc2NN)no1. The Morgan fingerprint density at radius 2 is 2.20 bits per heavy atom. The number of nitrogens with two attached hydrogens (primary N) is 2. The van der Waals surface area contributed by atoms with Crippen LogP contribution in [0, 0.1) is 0 Å². The minimum Gasteiger partial charge on any atom is -0.332 e. The molecule has 0 aliphatic rings. The van der Waals surface area contributed by atoms with Crippen molar-refractivity contribution in [3.05, 3.63) is 5.89 Å². The van der Waals surface area contributed by atoms with Crippen molar-refractivity contribution in [1.82, 2.24) is 20.5 Å². The van der Waals surface area contributed by atoms with Gasteiger partial charge in [0, 0.05) is 0 Å². The van der Waals surface area contributed by atoms with Gasteiger partial charge in [-0.05, 0) is 10.3 Å². The molecule has 78 valence electrons. The molecule has 2 heterocycles.